The predicted molar refractivity (Wildman–Crippen MR) is 71.5 cm³/mol. The lowest BCUT2D eigenvalue weighted by molar-refractivity contribution is 0.268. The van der Waals surface area contributed by atoms with Crippen LogP contribution in [0.15, 0.2) is 19.0 Å². The molecule has 0 spiro atoms. The Morgan fingerprint density at radius 1 is 1.53 bits per heavy atom. The van der Waals surface area contributed by atoms with Crippen molar-refractivity contribution in [1.82, 2.24) is 15.1 Å². The third-order valence-electron chi connectivity index (χ3n) is 4.09. The molecule has 1 aliphatic rings. The van der Waals surface area contributed by atoms with Crippen molar-refractivity contribution in [2.75, 3.05) is 6.54 Å². The molecule has 1 aromatic heterocycles. The molecule has 0 unspecified atom stereocenters. The predicted octanol–water partition coefficient (Wildman–Crippen LogP) is 3.04. The van der Waals surface area contributed by atoms with Gasteiger partial charge in [-0.25, -0.2) is 4.68 Å². The molecule has 1 aromatic rings. The summed E-state index contributed by atoms with van der Waals surface area (Å²) in [6.07, 6.45) is 12.5. The van der Waals surface area contributed by atoms with E-state index >= 15 is 0 Å². The van der Waals surface area contributed by atoms with Crippen molar-refractivity contribution in [3.05, 3.63) is 24.5 Å². The molecule has 17 heavy (non-hydrogen) atoms. The Hall–Kier alpha value is -1.09. The average molecular weight is 233 g/mol. The summed E-state index contributed by atoms with van der Waals surface area (Å²) < 4.78 is 1.75. The van der Waals surface area contributed by atoms with Gasteiger partial charge in [-0.15, -0.1) is 0 Å². The van der Waals surface area contributed by atoms with Crippen molar-refractivity contribution in [1.29, 1.82) is 0 Å². The summed E-state index contributed by atoms with van der Waals surface area (Å²) in [6.45, 7) is 8.07. The molecule has 0 aromatic carbocycles. The van der Waals surface area contributed by atoms with E-state index in [-0.39, 0.29) is 0 Å². The van der Waals surface area contributed by atoms with Crippen molar-refractivity contribution in [3.8, 4) is 0 Å². The molecule has 0 bridgehead atoms. The average Bonchev–Trinajstić information content (AvgIpc) is 2.98. The molecule has 3 heteroatoms. The van der Waals surface area contributed by atoms with E-state index in [9.17, 15) is 0 Å². The Morgan fingerprint density at radius 2 is 2.29 bits per heavy atom. The maximum Gasteiger partial charge on any atom is 0.0538 e. The smallest absolute Gasteiger partial charge is 0.0538 e. The lowest BCUT2D eigenvalue weighted by Gasteiger charge is -2.27. The zero-order valence-electron chi connectivity index (χ0n) is 10.8. The molecular weight excluding hydrogens is 210 g/mol. The number of rotatable bonds is 6. The molecular formula is C14H23N3. The second-order valence-corrected chi connectivity index (χ2v) is 5.18. The fourth-order valence-electron chi connectivity index (χ4n) is 2.82. The highest BCUT2D eigenvalue weighted by atomic mass is 15.2. The Labute approximate surface area is 104 Å². The van der Waals surface area contributed by atoms with E-state index in [0.29, 0.717) is 5.41 Å². The van der Waals surface area contributed by atoms with Crippen LogP contribution < -0.4 is 5.32 Å². The molecule has 1 N–H and O–H groups in total. The number of hydrogen-bond donors (Lipinski definition) is 1. The first-order valence-electron chi connectivity index (χ1n) is 6.64. The van der Waals surface area contributed by atoms with Crippen molar-refractivity contribution >= 4 is 6.20 Å². The Kier molecular flexibility index (Phi) is 4.00. The minimum absolute atomic E-state index is 0.564. The molecule has 1 fully saturated rings. The van der Waals surface area contributed by atoms with E-state index in [0.717, 1.165) is 13.1 Å². The van der Waals surface area contributed by atoms with Gasteiger partial charge in [0.1, 0.15) is 0 Å². The lowest BCUT2D eigenvalue weighted by atomic mass is 9.83. The summed E-state index contributed by atoms with van der Waals surface area (Å²) >= 11 is 0. The first-order chi connectivity index (χ1) is 8.28. The van der Waals surface area contributed by atoms with Crippen LogP contribution in [0.2, 0.25) is 0 Å². The zero-order chi connectivity index (χ0) is 12.1. The van der Waals surface area contributed by atoms with Crippen LogP contribution >= 0.6 is 0 Å². The molecule has 0 amide bonds. The van der Waals surface area contributed by atoms with Gasteiger partial charge in [-0.2, -0.15) is 5.10 Å². The van der Waals surface area contributed by atoms with Gasteiger partial charge in [-0.1, -0.05) is 26.3 Å². The summed E-state index contributed by atoms with van der Waals surface area (Å²) in [5.41, 5.74) is 1.79. The summed E-state index contributed by atoms with van der Waals surface area (Å²) in [4.78, 5) is 0. The van der Waals surface area contributed by atoms with Crippen molar-refractivity contribution in [2.24, 2.45) is 5.41 Å². The SMILES string of the molecule is C=Cn1cc(CNCC2(CC)CCCC2)cn1. The first-order valence-corrected chi connectivity index (χ1v) is 6.64. The third-order valence-corrected chi connectivity index (χ3v) is 4.09. The van der Waals surface area contributed by atoms with Crippen molar-refractivity contribution in [2.45, 2.75) is 45.6 Å². The molecule has 94 valence electrons. The first kappa shape index (κ1) is 12.4. The van der Waals surface area contributed by atoms with Gasteiger partial charge in [0, 0.05) is 31.0 Å². The summed E-state index contributed by atoms with van der Waals surface area (Å²) in [6, 6.07) is 0. The second kappa shape index (κ2) is 5.50. The van der Waals surface area contributed by atoms with Gasteiger partial charge in [0.25, 0.3) is 0 Å². The number of nitrogens with one attached hydrogen (secondary N) is 1. The monoisotopic (exact) mass is 233 g/mol. The number of nitrogens with zero attached hydrogens (tertiary/aromatic N) is 2. The van der Waals surface area contributed by atoms with Gasteiger partial charge in [0.15, 0.2) is 0 Å². The van der Waals surface area contributed by atoms with Gasteiger partial charge in [0.2, 0.25) is 0 Å². The molecule has 0 saturated heterocycles. The van der Waals surface area contributed by atoms with Gasteiger partial charge in [-0.3, -0.25) is 0 Å². The standard InChI is InChI=1S/C14H23N3/c1-3-14(7-5-6-8-14)12-15-9-13-10-16-17(4-2)11-13/h4,10-11,15H,2-3,5-9,12H2,1H3. The van der Waals surface area contributed by atoms with Gasteiger partial charge >= 0.3 is 0 Å². The van der Waals surface area contributed by atoms with Crippen molar-refractivity contribution < 1.29 is 0 Å². The van der Waals surface area contributed by atoms with Crippen molar-refractivity contribution in [3.63, 3.8) is 0 Å². The molecule has 2 rings (SSSR count). The largest absolute Gasteiger partial charge is 0.312 e. The Bertz CT molecular complexity index is 361. The second-order valence-electron chi connectivity index (χ2n) is 5.18. The van der Waals surface area contributed by atoms with Gasteiger partial charge in [-0.05, 0) is 24.7 Å². The van der Waals surface area contributed by atoms with Crippen LogP contribution in [0.3, 0.4) is 0 Å². The van der Waals surface area contributed by atoms with Crippen LogP contribution in [-0.2, 0) is 6.54 Å². The molecule has 0 atom stereocenters. The highest BCUT2D eigenvalue weighted by Gasteiger charge is 2.31. The topological polar surface area (TPSA) is 29.9 Å². The Morgan fingerprint density at radius 3 is 2.88 bits per heavy atom. The van der Waals surface area contributed by atoms with E-state index in [2.05, 4.69) is 23.9 Å². The minimum Gasteiger partial charge on any atom is -0.312 e. The summed E-state index contributed by atoms with van der Waals surface area (Å²) in [5, 5.41) is 7.77. The lowest BCUT2D eigenvalue weighted by Crippen LogP contribution is -2.31. The third kappa shape index (κ3) is 2.97. The summed E-state index contributed by atoms with van der Waals surface area (Å²) in [7, 11) is 0. The van der Waals surface area contributed by atoms with Crippen LogP contribution in [0.5, 0.6) is 0 Å². The fourth-order valence-corrected chi connectivity index (χ4v) is 2.82. The highest BCUT2D eigenvalue weighted by Crippen LogP contribution is 2.40. The van der Waals surface area contributed by atoms with E-state index in [1.54, 1.807) is 10.9 Å². The zero-order valence-corrected chi connectivity index (χ0v) is 10.8. The summed E-state index contributed by atoms with van der Waals surface area (Å²) in [5.74, 6) is 0. The molecule has 3 nitrogen and oxygen atoms in total. The van der Waals surface area contributed by atoms with Crippen LogP contribution in [0.25, 0.3) is 6.20 Å². The maximum absolute atomic E-state index is 4.18. The molecule has 1 aliphatic carbocycles. The van der Waals surface area contributed by atoms with E-state index in [1.165, 1.54) is 37.7 Å². The molecule has 0 aliphatic heterocycles. The molecule has 0 radical (unpaired) electrons. The normalized spacial score (nSPS) is 18.4. The van der Waals surface area contributed by atoms with Gasteiger partial charge in [0.05, 0.1) is 6.20 Å². The Balaban J connectivity index is 1.80. The molecule has 1 heterocycles. The van der Waals surface area contributed by atoms with E-state index < -0.39 is 0 Å². The number of aromatic nitrogens is 2. The fraction of sp³-hybridized carbons (Fsp3) is 0.643. The quantitative estimate of drug-likeness (QED) is 0.818. The minimum atomic E-state index is 0.564. The van der Waals surface area contributed by atoms with Gasteiger partial charge < -0.3 is 5.32 Å². The van der Waals surface area contributed by atoms with E-state index in [1.807, 2.05) is 12.4 Å². The number of hydrogen-bond acceptors (Lipinski definition) is 2. The van der Waals surface area contributed by atoms with Crippen LogP contribution in [0.1, 0.15) is 44.6 Å². The van der Waals surface area contributed by atoms with E-state index in [4.69, 9.17) is 0 Å². The van der Waals surface area contributed by atoms with Crippen LogP contribution in [0, 0.1) is 5.41 Å². The molecule has 1 saturated carbocycles. The van der Waals surface area contributed by atoms with Crippen LogP contribution in [-0.4, -0.2) is 16.3 Å². The highest BCUT2D eigenvalue weighted by molar-refractivity contribution is 5.17. The maximum atomic E-state index is 4.18. The van der Waals surface area contributed by atoms with Crippen LogP contribution in [0.4, 0.5) is 0 Å².